The van der Waals surface area contributed by atoms with E-state index in [-0.39, 0.29) is 5.91 Å². The number of carbonyl (C=O) groups is 1. The van der Waals surface area contributed by atoms with Crippen LogP contribution in [0.5, 0.6) is 0 Å². The topological polar surface area (TPSA) is 59.8 Å². The van der Waals surface area contributed by atoms with Crippen molar-refractivity contribution in [3.63, 3.8) is 0 Å². The molecule has 2 heterocycles. The summed E-state index contributed by atoms with van der Waals surface area (Å²) in [6.45, 7) is 3.96. The molecule has 0 spiro atoms. The Balaban J connectivity index is 1.80. The first kappa shape index (κ1) is 15.4. The Kier molecular flexibility index (Phi) is 4.25. The summed E-state index contributed by atoms with van der Waals surface area (Å²) in [5.41, 5.74) is 4.17. The number of aromatic nitrogens is 3. The zero-order valence-corrected chi connectivity index (χ0v) is 14.3. The smallest absolute Gasteiger partial charge is 0.257 e. The van der Waals surface area contributed by atoms with Crippen LogP contribution in [0.25, 0.3) is 5.69 Å². The molecule has 1 aromatic carbocycles. The van der Waals surface area contributed by atoms with Crippen LogP contribution in [0, 0.1) is 13.8 Å². The van der Waals surface area contributed by atoms with Crippen LogP contribution >= 0.6 is 15.9 Å². The quantitative estimate of drug-likeness (QED) is 0.760. The van der Waals surface area contributed by atoms with E-state index in [1.807, 2.05) is 42.8 Å². The molecule has 0 saturated carbocycles. The lowest BCUT2D eigenvalue weighted by atomic mass is 10.2. The largest absolute Gasteiger partial charge is 0.322 e. The maximum absolute atomic E-state index is 12.1. The third-order valence-corrected chi connectivity index (χ3v) is 4.64. The van der Waals surface area contributed by atoms with Gasteiger partial charge >= 0.3 is 0 Å². The summed E-state index contributed by atoms with van der Waals surface area (Å²) in [4.78, 5) is 16.0. The predicted octanol–water partition coefficient (Wildman–Crippen LogP) is 3.90. The highest BCUT2D eigenvalue weighted by molar-refractivity contribution is 9.10. The molecule has 3 rings (SSSR count). The molecule has 0 atom stereocenters. The molecule has 6 heteroatoms. The van der Waals surface area contributed by atoms with Crippen molar-refractivity contribution >= 4 is 27.5 Å². The molecule has 0 aliphatic heterocycles. The minimum Gasteiger partial charge on any atom is -0.322 e. The summed E-state index contributed by atoms with van der Waals surface area (Å²) < 4.78 is 2.87. The van der Waals surface area contributed by atoms with Gasteiger partial charge in [0.05, 0.1) is 27.1 Å². The van der Waals surface area contributed by atoms with Gasteiger partial charge in [0, 0.05) is 18.1 Å². The molecule has 23 heavy (non-hydrogen) atoms. The fourth-order valence-corrected chi connectivity index (χ4v) is 2.51. The van der Waals surface area contributed by atoms with Crippen LogP contribution in [0.4, 0.5) is 5.69 Å². The first-order chi connectivity index (χ1) is 11.1. The molecular weight excluding hydrogens is 356 g/mol. The van der Waals surface area contributed by atoms with Crippen LogP contribution in [-0.2, 0) is 0 Å². The minimum atomic E-state index is -0.181. The lowest BCUT2D eigenvalue weighted by Crippen LogP contribution is -2.12. The highest BCUT2D eigenvalue weighted by atomic mass is 79.9. The molecule has 0 radical (unpaired) electrons. The van der Waals surface area contributed by atoms with Gasteiger partial charge < -0.3 is 5.32 Å². The van der Waals surface area contributed by atoms with Crippen LogP contribution in [0.2, 0.25) is 0 Å². The maximum Gasteiger partial charge on any atom is 0.257 e. The number of hydrogen-bond donors (Lipinski definition) is 1. The average Bonchev–Trinajstić information content (AvgIpc) is 2.84. The van der Waals surface area contributed by atoms with Gasteiger partial charge in [0.2, 0.25) is 0 Å². The number of rotatable bonds is 3. The first-order valence-corrected chi connectivity index (χ1v) is 7.89. The number of hydrogen-bond acceptors (Lipinski definition) is 3. The minimum absolute atomic E-state index is 0.181. The second-order valence-corrected chi connectivity index (χ2v) is 5.93. The molecule has 0 unspecified atom stereocenters. The maximum atomic E-state index is 12.1. The number of nitrogens with zero attached hydrogens (tertiary/aromatic N) is 3. The molecule has 0 fully saturated rings. The van der Waals surface area contributed by atoms with Gasteiger partial charge in [-0.05, 0) is 66.2 Å². The Hall–Kier alpha value is -2.47. The van der Waals surface area contributed by atoms with Crippen LogP contribution in [0.1, 0.15) is 21.7 Å². The van der Waals surface area contributed by atoms with Gasteiger partial charge in [-0.15, -0.1) is 0 Å². The molecule has 0 aliphatic carbocycles. The summed E-state index contributed by atoms with van der Waals surface area (Å²) in [6, 6.07) is 11.0. The molecule has 0 saturated heterocycles. The van der Waals surface area contributed by atoms with Crippen molar-refractivity contribution in [3.8, 4) is 5.69 Å². The van der Waals surface area contributed by atoms with Gasteiger partial charge in [-0.2, -0.15) is 5.10 Å². The Morgan fingerprint density at radius 2 is 1.91 bits per heavy atom. The number of anilines is 1. The number of pyridine rings is 1. The van der Waals surface area contributed by atoms with Crippen LogP contribution in [0.15, 0.2) is 53.3 Å². The number of carbonyl (C=O) groups excluding carboxylic acids is 1. The van der Waals surface area contributed by atoms with Gasteiger partial charge in [-0.25, -0.2) is 4.68 Å². The summed E-state index contributed by atoms with van der Waals surface area (Å²) in [5.74, 6) is -0.181. The van der Waals surface area contributed by atoms with E-state index in [1.165, 1.54) is 6.20 Å². The summed E-state index contributed by atoms with van der Waals surface area (Å²) in [5, 5.41) is 7.34. The monoisotopic (exact) mass is 370 g/mol. The lowest BCUT2D eigenvalue weighted by Gasteiger charge is -2.08. The fraction of sp³-hybridized carbons (Fsp3) is 0.118. The molecule has 1 amide bonds. The van der Waals surface area contributed by atoms with E-state index >= 15 is 0 Å². The second-order valence-electron chi connectivity index (χ2n) is 5.14. The number of halogens is 1. The van der Waals surface area contributed by atoms with Crippen molar-refractivity contribution < 1.29 is 4.79 Å². The number of amides is 1. The third-order valence-electron chi connectivity index (χ3n) is 3.50. The van der Waals surface area contributed by atoms with E-state index in [0.29, 0.717) is 5.56 Å². The fourth-order valence-electron chi connectivity index (χ4n) is 2.26. The van der Waals surface area contributed by atoms with Crippen molar-refractivity contribution in [2.24, 2.45) is 0 Å². The summed E-state index contributed by atoms with van der Waals surface area (Å²) in [7, 11) is 0. The van der Waals surface area contributed by atoms with Gasteiger partial charge in [0.1, 0.15) is 0 Å². The highest BCUT2D eigenvalue weighted by Gasteiger charge is 2.10. The number of nitrogens with one attached hydrogen (secondary N) is 1. The van der Waals surface area contributed by atoms with Crippen LogP contribution < -0.4 is 5.32 Å². The van der Waals surface area contributed by atoms with Crippen LogP contribution in [-0.4, -0.2) is 20.7 Å². The van der Waals surface area contributed by atoms with E-state index < -0.39 is 0 Å². The van der Waals surface area contributed by atoms with Gasteiger partial charge in [0.25, 0.3) is 5.91 Å². The molecule has 5 nitrogen and oxygen atoms in total. The zero-order chi connectivity index (χ0) is 16.4. The molecule has 2 aromatic heterocycles. The van der Waals surface area contributed by atoms with Crippen molar-refractivity contribution in [3.05, 3.63) is 70.2 Å². The predicted molar refractivity (Wildman–Crippen MR) is 92.9 cm³/mol. The SMILES string of the molecule is Cc1nn(-c2ccc(NC(=O)c3cccnc3)cc2)c(C)c1Br. The van der Waals surface area contributed by atoms with Crippen LogP contribution in [0.3, 0.4) is 0 Å². The molecule has 0 bridgehead atoms. The Morgan fingerprint density at radius 1 is 1.17 bits per heavy atom. The Morgan fingerprint density at radius 3 is 2.48 bits per heavy atom. The van der Waals surface area contributed by atoms with Gasteiger partial charge in [-0.3, -0.25) is 9.78 Å². The van der Waals surface area contributed by atoms with Crippen molar-refractivity contribution in [1.29, 1.82) is 0 Å². The zero-order valence-electron chi connectivity index (χ0n) is 12.7. The standard InChI is InChI=1S/C17H15BrN4O/c1-11-16(18)12(2)22(21-11)15-7-5-14(6-8-15)20-17(23)13-4-3-9-19-10-13/h3-10H,1-2H3,(H,20,23). The lowest BCUT2D eigenvalue weighted by molar-refractivity contribution is 0.102. The average molecular weight is 371 g/mol. The van der Waals surface area contributed by atoms with E-state index in [9.17, 15) is 4.79 Å². The Labute approximate surface area is 142 Å². The van der Waals surface area contributed by atoms with Gasteiger partial charge in [0.15, 0.2) is 0 Å². The van der Waals surface area contributed by atoms with Crippen molar-refractivity contribution in [2.75, 3.05) is 5.32 Å². The van der Waals surface area contributed by atoms with Crippen molar-refractivity contribution in [2.45, 2.75) is 13.8 Å². The highest BCUT2D eigenvalue weighted by Crippen LogP contribution is 2.23. The summed E-state index contributed by atoms with van der Waals surface area (Å²) in [6.07, 6.45) is 3.18. The molecule has 1 N–H and O–H groups in total. The number of benzene rings is 1. The Bertz CT molecular complexity index is 841. The van der Waals surface area contributed by atoms with Crippen molar-refractivity contribution in [1.82, 2.24) is 14.8 Å². The molecule has 3 aromatic rings. The van der Waals surface area contributed by atoms with E-state index in [1.54, 1.807) is 18.3 Å². The molecule has 0 aliphatic rings. The van der Waals surface area contributed by atoms with E-state index in [2.05, 4.69) is 31.3 Å². The van der Waals surface area contributed by atoms with E-state index in [0.717, 1.165) is 27.2 Å². The third kappa shape index (κ3) is 3.17. The molecular formula is C17H15BrN4O. The van der Waals surface area contributed by atoms with Gasteiger partial charge in [-0.1, -0.05) is 0 Å². The summed E-state index contributed by atoms with van der Waals surface area (Å²) >= 11 is 3.52. The first-order valence-electron chi connectivity index (χ1n) is 7.10. The normalized spacial score (nSPS) is 10.6. The van der Waals surface area contributed by atoms with E-state index in [4.69, 9.17) is 0 Å². The molecule has 116 valence electrons. The number of aryl methyl sites for hydroxylation is 1. The second kappa shape index (κ2) is 6.34.